The summed E-state index contributed by atoms with van der Waals surface area (Å²) in [5.41, 5.74) is 2.73. The van der Waals surface area contributed by atoms with E-state index >= 15 is 0 Å². The van der Waals surface area contributed by atoms with Crippen LogP contribution in [0.2, 0.25) is 0 Å². The molecule has 2 atom stereocenters. The predicted octanol–water partition coefficient (Wildman–Crippen LogP) is -0.437. The van der Waals surface area contributed by atoms with E-state index < -0.39 is 22.5 Å². The second-order valence-corrected chi connectivity index (χ2v) is 10.1. The zero-order valence-electron chi connectivity index (χ0n) is 15.1. The number of hydrogen-bond acceptors (Lipinski definition) is 4. The summed E-state index contributed by atoms with van der Waals surface area (Å²) in [5, 5.41) is 8.47. The third-order valence-electron chi connectivity index (χ3n) is 5.93. The molecule has 0 spiro atoms. The summed E-state index contributed by atoms with van der Waals surface area (Å²) < 4.78 is 30.2. The maximum atomic E-state index is 14.2. The summed E-state index contributed by atoms with van der Waals surface area (Å²) in [5.74, 6) is -1.48. The average Bonchev–Trinajstić information content (AvgIpc) is 2.73. The number of hydroxylamine groups is 1. The molecule has 144 valence electrons. The number of benzene rings is 1. The Morgan fingerprint density at radius 2 is 2.00 bits per heavy atom. The van der Waals surface area contributed by atoms with E-state index in [4.69, 9.17) is 4.84 Å². The van der Waals surface area contributed by atoms with Gasteiger partial charge in [-0.05, 0) is 0 Å². The van der Waals surface area contributed by atoms with Crippen molar-refractivity contribution in [3.8, 4) is 11.3 Å². The number of nitrogens with zero attached hydrogens (tertiary/aromatic N) is 2. The van der Waals surface area contributed by atoms with Gasteiger partial charge in [0.1, 0.15) is 0 Å². The van der Waals surface area contributed by atoms with Gasteiger partial charge in [-0.25, -0.2) is 0 Å². The van der Waals surface area contributed by atoms with Crippen LogP contribution in [0, 0.1) is 17.0 Å². The number of aromatic nitrogens is 2. The number of carbonyl (C=O) groups excluding carboxylic acids is 1. The van der Waals surface area contributed by atoms with Crippen LogP contribution in [0.15, 0.2) is 24.3 Å². The van der Waals surface area contributed by atoms with Crippen molar-refractivity contribution in [3.63, 3.8) is 0 Å². The Balaban J connectivity index is 1.92. The Morgan fingerprint density at radius 1 is 1.30 bits per heavy atom. The third-order valence-corrected chi connectivity index (χ3v) is 9.12. The van der Waals surface area contributed by atoms with E-state index in [1.807, 2.05) is 0 Å². The second kappa shape index (κ2) is 6.44. The van der Waals surface area contributed by atoms with Crippen LogP contribution < -0.4 is 26.7 Å². The van der Waals surface area contributed by atoms with E-state index in [0.717, 1.165) is 14.4 Å². The van der Waals surface area contributed by atoms with Crippen molar-refractivity contribution in [3.05, 3.63) is 47.2 Å². The molecule has 4 rings (SSSR count). The number of alkyl halides is 2. The van der Waals surface area contributed by atoms with Crippen LogP contribution >= 0.6 is 0 Å². The van der Waals surface area contributed by atoms with E-state index in [2.05, 4.69) is 29.5 Å². The van der Waals surface area contributed by atoms with Crippen LogP contribution in [-0.2, 0) is 15.0 Å². The van der Waals surface area contributed by atoms with E-state index in [-0.39, 0.29) is 44.3 Å². The fraction of sp³-hybridized carbons (Fsp3) is 0.421. The molecule has 1 saturated heterocycles. The summed E-state index contributed by atoms with van der Waals surface area (Å²) in [7, 11) is 1.41. The van der Waals surface area contributed by atoms with Gasteiger partial charge in [-0.2, -0.15) is 0 Å². The molecular weight excluding hydrogens is 467 g/mol. The molecule has 2 bridgehead atoms. The van der Waals surface area contributed by atoms with Gasteiger partial charge in [0.2, 0.25) is 0 Å². The summed E-state index contributed by atoms with van der Waals surface area (Å²) in [4.78, 5) is 17.9. The van der Waals surface area contributed by atoms with Crippen LogP contribution in [0.1, 0.15) is 31.0 Å². The number of hydrogen-bond donors (Lipinski definition) is 1. The Hall–Kier alpha value is -1.68. The number of fused-ring (bicyclic) bond motifs is 5. The first-order valence-corrected chi connectivity index (χ1v) is 11.6. The summed E-state index contributed by atoms with van der Waals surface area (Å²) in [6.45, 7) is 4.11. The van der Waals surface area contributed by atoms with Crippen LogP contribution in [-0.4, -0.2) is 32.1 Å². The molecule has 27 heavy (non-hydrogen) atoms. The van der Waals surface area contributed by atoms with Crippen molar-refractivity contribution in [2.75, 3.05) is 16.0 Å². The first-order chi connectivity index (χ1) is 12.8. The molecule has 1 N–H and O–H groups in total. The molecule has 2 aliphatic rings. The fourth-order valence-corrected chi connectivity index (χ4v) is 9.33. The van der Waals surface area contributed by atoms with E-state index in [0.29, 0.717) is 5.69 Å². The molecule has 2 heterocycles. The molecule has 1 aliphatic carbocycles. The minimum absolute atomic E-state index is 0.0979. The van der Waals surface area contributed by atoms with Gasteiger partial charge in [-0.3, -0.25) is 0 Å². The first kappa shape index (κ1) is 18.7. The topological polar surface area (TPSA) is 64.1 Å². The van der Waals surface area contributed by atoms with Crippen molar-refractivity contribution in [1.82, 2.24) is 15.7 Å². The number of halogens is 3. The predicted molar refractivity (Wildman–Crippen MR) is 90.5 cm³/mol. The Kier molecular flexibility index (Phi) is 4.45. The number of rotatable bonds is 3. The van der Waals surface area contributed by atoms with Crippen molar-refractivity contribution in [2.45, 2.75) is 25.2 Å². The zero-order chi connectivity index (χ0) is 19.4. The summed E-state index contributed by atoms with van der Waals surface area (Å²) in [6.07, 6.45) is 0. The van der Waals surface area contributed by atoms with Gasteiger partial charge < -0.3 is 0 Å². The van der Waals surface area contributed by atoms with Crippen LogP contribution in [0.4, 0.5) is 8.78 Å². The quantitative estimate of drug-likeness (QED) is 0.364. The number of amides is 1. The molecule has 1 amide bonds. The maximum absolute atomic E-state index is 14.2. The summed E-state index contributed by atoms with van der Waals surface area (Å²) >= 11 is -0.216. The Labute approximate surface area is 166 Å². The van der Waals surface area contributed by atoms with E-state index in [1.54, 1.807) is 6.07 Å². The first-order valence-electron chi connectivity index (χ1n) is 8.54. The van der Waals surface area contributed by atoms with Crippen molar-refractivity contribution in [1.29, 1.82) is 0 Å². The van der Waals surface area contributed by atoms with Crippen LogP contribution in [0.3, 0.4) is 0 Å². The molecule has 0 saturated carbocycles. The molecular formula is C19H19F2IN3O2-. The molecule has 1 aliphatic heterocycles. The Morgan fingerprint density at radius 3 is 2.67 bits per heavy atom. The monoisotopic (exact) mass is 486 g/mol. The van der Waals surface area contributed by atoms with E-state index in [1.165, 1.54) is 25.3 Å². The second-order valence-electron chi connectivity index (χ2n) is 7.42. The number of carbonyl (C=O) groups is 1. The SMILES string of the molecule is CONC(=O)[C@]12C[I-]C[C@H](c3cc(-c4c(F)cccc4F)nnc31)C2(C)C. The molecule has 1 aromatic heterocycles. The standard InChI is InChI=1S/C19H19F2IN3O2/c1-18(2)11-8-22-9-19(18,17(26)25-27-3)16-10(11)7-14(23-24-16)15-12(20)5-4-6-13(15)21/h4-7,11H,8-9H2,1-3H3,(H,25,26)/q-1/t11-,19+/m1/s1. The van der Waals surface area contributed by atoms with Gasteiger partial charge in [-0.1, -0.05) is 0 Å². The Bertz CT molecular complexity index is 917. The summed E-state index contributed by atoms with van der Waals surface area (Å²) in [6, 6.07) is 5.44. The van der Waals surface area contributed by atoms with Crippen molar-refractivity contribution >= 4 is 5.91 Å². The molecule has 1 aromatic carbocycles. The van der Waals surface area contributed by atoms with Gasteiger partial charge in [0.15, 0.2) is 0 Å². The molecule has 0 unspecified atom stereocenters. The van der Waals surface area contributed by atoms with Crippen LogP contribution in [0.25, 0.3) is 11.3 Å². The average molecular weight is 486 g/mol. The van der Waals surface area contributed by atoms with Gasteiger partial charge in [0.05, 0.1) is 0 Å². The van der Waals surface area contributed by atoms with Gasteiger partial charge in [0, 0.05) is 0 Å². The van der Waals surface area contributed by atoms with Crippen molar-refractivity contribution in [2.24, 2.45) is 5.41 Å². The normalized spacial score (nSPS) is 25.4. The molecule has 8 heteroatoms. The van der Waals surface area contributed by atoms with Gasteiger partial charge >= 0.3 is 166 Å². The molecule has 5 nitrogen and oxygen atoms in total. The van der Waals surface area contributed by atoms with Gasteiger partial charge in [-0.15, -0.1) is 0 Å². The third kappa shape index (κ3) is 2.45. The molecule has 1 fully saturated rings. The minimum atomic E-state index is -0.826. The zero-order valence-corrected chi connectivity index (χ0v) is 17.3. The van der Waals surface area contributed by atoms with E-state index in [9.17, 15) is 13.6 Å². The molecule has 0 radical (unpaired) electrons. The fourth-order valence-electron chi connectivity index (χ4n) is 4.32. The van der Waals surface area contributed by atoms with Crippen LogP contribution in [0.5, 0.6) is 0 Å². The number of nitrogens with one attached hydrogen (secondary N) is 1. The van der Waals surface area contributed by atoms with Crippen molar-refractivity contribution < 1.29 is 39.6 Å². The molecule has 2 aromatic rings. The van der Waals surface area contributed by atoms with Gasteiger partial charge in [0.25, 0.3) is 0 Å².